The molecule has 0 spiro atoms. The highest BCUT2D eigenvalue weighted by molar-refractivity contribution is 5.84. The fourth-order valence-electron chi connectivity index (χ4n) is 2.00. The summed E-state index contributed by atoms with van der Waals surface area (Å²) in [6.45, 7) is 3.82. The standard InChI is InChI=1S/C17H23N5O2/c1-2-18-17(20-10-8-14-6-3-4-9-19-14)22-13-16(23)21-12-15-7-5-11-24-15/h3-7,9,11H,2,8,10,12-13H2,1H3,(H,21,23)(H2,18,20,22). The van der Waals surface area contributed by atoms with Crippen LogP contribution in [0.4, 0.5) is 0 Å². The normalized spacial score (nSPS) is 11.1. The van der Waals surface area contributed by atoms with E-state index in [1.807, 2.05) is 31.2 Å². The lowest BCUT2D eigenvalue weighted by molar-refractivity contribution is -0.119. The Labute approximate surface area is 141 Å². The number of aromatic nitrogens is 1. The Bertz CT molecular complexity index is 626. The van der Waals surface area contributed by atoms with Crippen molar-refractivity contribution < 1.29 is 9.21 Å². The van der Waals surface area contributed by atoms with Gasteiger partial charge in [-0.05, 0) is 31.2 Å². The molecule has 0 saturated carbocycles. The first-order chi connectivity index (χ1) is 11.8. The van der Waals surface area contributed by atoms with E-state index in [1.54, 1.807) is 18.5 Å². The largest absolute Gasteiger partial charge is 0.467 e. The summed E-state index contributed by atoms with van der Waals surface area (Å²) >= 11 is 0. The number of guanidine groups is 1. The molecule has 2 heterocycles. The van der Waals surface area contributed by atoms with Crippen molar-refractivity contribution in [2.45, 2.75) is 19.9 Å². The van der Waals surface area contributed by atoms with Crippen molar-refractivity contribution in [3.8, 4) is 0 Å². The third kappa shape index (κ3) is 6.51. The van der Waals surface area contributed by atoms with Crippen LogP contribution in [0.2, 0.25) is 0 Å². The second-order valence-corrected chi connectivity index (χ2v) is 5.05. The van der Waals surface area contributed by atoms with Crippen LogP contribution in [0.1, 0.15) is 18.4 Å². The number of hydrogen-bond acceptors (Lipinski definition) is 4. The van der Waals surface area contributed by atoms with Gasteiger partial charge >= 0.3 is 0 Å². The molecule has 0 aliphatic rings. The first-order valence-corrected chi connectivity index (χ1v) is 7.99. The van der Waals surface area contributed by atoms with Crippen molar-refractivity contribution in [3.05, 3.63) is 54.2 Å². The first-order valence-electron chi connectivity index (χ1n) is 7.99. The van der Waals surface area contributed by atoms with E-state index in [-0.39, 0.29) is 12.5 Å². The summed E-state index contributed by atoms with van der Waals surface area (Å²) < 4.78 is 5.16. The van der Waals surface area contributed by atoms with Gasteiger partial charge in [0.25, 0.3) is 0 Å². The molecule has 0 radical (unpaired) electrons. The Kier molecular flexibility index (Phi) is 7.33. The molecule has 2 aromatic heterocycles. The van der Waals surface area contributed by atoms with Crippen LogP contribution >= 0.6 is 0 Å². The number of hydrogen-bond donors (Lipinski definition) is 3. The molecule has 0 aliphatic heterocycles. The number of rotatable bonds is 8. The van der Waals surface area contributed by atoms with Crippen LogP contribution in [0.3, 0.4) is 0 Å². The maximum atomic E-state index is 11.8. The van der Waals surface area contributed by atoms with Gasteiger partial charge in [-0.1, -0.05) is 6.07 Å². The van der Waals surface area contributed by atoms with Crippen LogP contribution in [0.5, 0.6) is 0 Å². The van der Waals surface area contributed by atoms with E-state index in [9.17, 15) is 4.79 Å². The minimum Gasteiger partial charge on any atom is -0.467 e. The zero-order valence-corrected chi connectivity index (χ0v) is 13.8. The van der Waals surface area contributed by atoms with Gasteiger partial charge in [0.15, 0.2) is 5.96 Å². The zero-order valence-electron chi connectivity index (χ0n) is 13.8. The Morgan fingerprint density at radius 1 is 1.21 bits per heavy atom. The van der Waals surface area contributed by atoms with Gasteiger partial charge in [-0.25, -0.2) is 4.99 Å². The number of nitrogens with one attached hydrogen (secondary N) is 3. The molecule has 0 aromatic carbocycles. The van der Waals surface area contributed by atoms with Crippen LogP contribution in [-0.4, -0.2) is 36.5 Å². The average molecular weight is 329 g/mol. The molecule has 0 fully saturated rings. The van der Waals surface area contributed by atoms with Crippen LogP contribution in [-0.2, 0) is 17.8 Å². The van der Waals surface area contributed by atoms with Crippen molar-refractivity contribution in [2.24, 2.45) is 4.99 Å². The Hall–Kier alpha value is -2.83. The second kappa shape index (κ2) is 10.0. The topological polar surface area (TPSA) is 91.5 Å². The van der Waals surface area contributed by atoms with Gasteiger partial charge in [0.1, 0.15) is 12.3 Å². The maximum Gasteiger partial charge on any atom is 0.242 e. The monoisotopic (exact) mass is 329 g/mol. The summed E-state index contributed by atoms with van der Waals surface area (Å²) in [7, 11) is 0. The van der Waals surface area contributed by atoms with E-state index >= 15 is 0 Å². The summed E-state index contributed by atoms with van der Waals surface area (Å²) in [6, 6.07) is 9.43. The molecule has 1 amide bonds. The molecule has 0 bridgehead atoms. The molecule has 7 heteroatoms. The van der Waals surface area contributed by atoms with Gasteiger partial charge < -0.3 is 20.4 Å². The summed E-state index contributed by atoms with van der Waals surface area (Å²) in [5.74, 6) is 1.17. The van der Waals surface area contributed by atoms with E-state index in [1.165, 1.54) is 0 Å². The SMILES string of the molecule is CCNC(=NCC(=O)NCc1ccco1)NCCc1ccccn1. The second-order valence-electron chi connectivity index (χ2n) is 5.05. The molecular formula is C17H23N5O2. The molecule has 0 aliphatic carbocycles. The lowest BCUT2D eigenvalue weighted by Crippen LogP contribution is -2.39. The molecule has 0 unspecified atom stereocenters. The van der Waals surface area contributed by atoms with E-state index < -0.39 is 0 Å². The maximum absolute atomic E-state index is 11.8. The minimum absolute atomic E-state index is 0.0552. The number of furan rings is 1. The van der Waals surface area contributed by atoms with Crippen LogP contribution < -0.4 is 16.0 Å². The highest BCUT2D eigenvalue weighted by Gasteiger charge is 2.03. The molecule has 7 nitrogen and oxygen atoms in total. The van der Waals surface area contributed by atoms with E-state index in [4.69, 9.17) is 4.42 Å². The van der Waals surface area contributed by atoms with Gasteiger partial charge in [-0.15, -0.1) is 0 Å². The molecule has 0 atom stereocenters. The molecule has 128 valence electrons. The summed E-state index contributed by atoms with van der Waals surface area (Å²) in [4.78, 5) is 20.4. The number of amides is 1. The number of nitrogens with zero attached hydrogens (tertiary/aromatic N) is 2. The van der Waals surface area contributed by atoms with Crippen molar-refractivity contribution in [1.82, 2.24) is 20.9 Å². The number of carbonyl (C=O) groups excluding carboxylic acids is 1. The predicted molar refractivity (Wildman–Crippen MR) is 92.5 cm³/mol. The van der Waals surface area contributed by atoms with E-state index in [0.717, 1.165) is 18.7 Å². The van der Waals surface area contributed by atoms with Crippen LogP contribution in [0.15, 0.2) is 52.2 Å². The molecular weight excluding hydrogens is 306 g/mol. The first kappa shape index (κ1) is 17.5. The van der Waals surface area contributed by atoms with E-state index in [0.29, 0.717) is 24.8 Å². The van der Waals surface area contributed by atoms with Crippen LogP contribution in [0.25, 0.3) is 0 Å². The quantitative estimate of drug-likeness (QED) is 0.498. The average Bonchev–Trinajstić information content (AvgIpc) is 3.12. The van der Waals surface area contributed by atoms with Crippen molar-refractivity contribution >= 4 is 11.9 Å². The fraction of sp³-hybridized carbons (Fsp3) is 0.353. The molecule has 2 rings (SSSR count). The van der Waals surface area contributed by atoms with Crippen molar-refractivity contribution in [1.29, 1.82) is 0 Å². The van der Waals surface area contributed by atoms with Gasteiger partial charge in [0.2, 0.25) is 5.91 Å². The van der Waals surface area contributed by atoms with Crippen molar-refractivity contribution in [3.63, 3.8) is 0 Å². The Balaban J connectivity index is 1.73. The molecule has 0 saturated heterocycles. The third-order valence-corrected chi connectivity index (χ3v) is 3.16. The fourth-order valence-corrected chi connectivity index (χ4v) is 2.00. The number of pyridine rings is 1. The summed E-state index contributed by atoms with van der Waals surface area (Å²) in [5, 5.41) is 9.07. The highest BCUT2D eigenvalue weighted by atomic mass is 16.3. The minimum atomic E-state index is -0.159. The van der Waals surface area contributed by atoms with Crippen LogP contribution in [0, 0.1) is 0 Å². The number of carbonyl (C=O) groups is 1. The van der Waals surface area contributed by atoms with E-state index in [2.05, 4.69) is 25.9 Å². The molecule has 2 aromatic rings. The van der Waals surface area contributed by atoms with Gasteiger partial charge in [0, 0.05) is 31.4 Å². The highest BCUT2D eigenvalue weighted by Crippen LogP contribution is 1.98. The molecule has 24 heavy (non-hydrogen) atoms. The summed E-state index contributed by atoms with van der Waals surface area (Å²) in [6.07, 6.45) is 4.14. The van der Waals surface area contributed by atoms with Gasteiger partial charge in [-0.3, -0.25) is 9.78 Å². The number of aliphatic imine (C=N–C) groups is 1. The third-order valence-electron chi connectivity index (χ3n) is 3.16. The summed E-state index contributed by atoms with van der Waals surface area (Å²) in [5.41, 5.74) is 1.01. The predicted octanol–water partition coefficient (Wildman–Crippen LogP) is 1.09. The molecule has 3 N–H and O–H groups in total. The smallest absolute Gasteiger partial charge is 0.242 e. The Morgan fingerprint density at radius 3 is 2.83 bits per heavy atom. The Morgan fingerprint density at radius 2 is 2.12 bits per heavy atom. The lowest BCUT2D eigenvalue weighted by atomic mass is 10.3. The van der Waals surface area contributed by atoms with Gasteiger partial charge in [0.05, 0.1) is 12.8 Å². The zero-order chi connectivity index (χ0) is 17.0. The lowest BCUT2D eigenvalue weighted by Gasteiger charge is -2.11. The van der Waals surface area contributed by atoms with Crippen molar-refractivity contribution in [2.75, 3.05) is 19.6 Å². The van der Waals surface area contributed by atoms with Gasteiger partial charge in [-0.2, -0.15) is 0 Å².